The van der Waals surface area contributed by atoms with Crippen LogP contribution in [0.25, 0.3) is 22.1 Å². The summed E-state index contributed by atoms with van der Waals surface area (Å²) in [5, 5.41) is 14.0. The van der Waals surface area contributed by atoms with E-state index in [1.54, 1.807) is 6.20 Å². The van der Waals surface area contributed by atoms with Crippen LogP contribution in [0.1, 0.15) is 58.4 Å². The molecule has 3 N–H and O–H groups in total. The summed E-state index contributed by atoms with van der Waals surface area (Å²) in [6, 6.07) is 8.13. The van der Waals surface area contributed by atoms with E-state index >= 15 is 0 Å². The fraction of sp³-hybridized carbons (Fsp3) is 0.290. The first-order valence-corrected chi connectivity index (χ1v) is 14.1. The lowest BCUT2D eigenvalue weighted by Crippen LogP contribution is -2.07. The number of rotatable bonds is 8. The number of hydrogen-bond acceptors (Lipinski definition) is 9. The van der Waals surface area contributed by atoms with Crippen molar-refractivity contribution in [2.75, 3.05) is 11.1 Å². The average Bonchev–Trinajstić information content (AvgIpc) is 3.66. The van der Waals surface area contributed by atoms with Gasteiger partial charge >= 0.3 is 0 Å². The van der Waals surface area contributed by atoms with Gasteiger partial charge in [0.25, 0.3) is 0 Å². The minimum atomic E-state index is 0.273. The topological polar surface area (TPSA) is 134 Å². The highest BCUT2D eigenvalue weighted by Crippen LogP contribution is 2.41. The van der Waals surface area contributed by atoms with Crippen molar-refractivity contribution in [2.24, 2.45) is 0 Å². The summed E-state index contributed by atoms with van der Waals surface area (Å²) >= 11 is 0. The van der Waals surface area contributed by atoms with Gasteiger partial charge in [-0.2, -0.15) is 0 Å². The Balaban J connectivity index is 1.10. The minimum Gasteiger partial charge on any atom is -0.471 e. The Morgan fingerprint density at radius 3 is 2.57 bits per heavy atom. The van der Waals surface area contributed by atoms with E-state index in [0.29, 0.717) is 30.0 Å². The Bertz CT molecular complexity index is 1950. The highest BCUT2D eigenvalue weighted by Gasteiger charge is 2.26. The van der Waals surface area contributed by atoms with Crippen LogP contribution in [0, 0.1) is 27.7 Å². The maximum atomic E-state index is 6.11. The molecular formula is C31H32N10O. The van der Waals surface area contributed by atoms with Gasteiger partial charge in [-0.3, -0.25) is 4.57 Å². The van der Waals surface area contributed by atoms with Gasteiger partial charge in [-0.15, -0.1) is 10.2 Å². The number of anilines is 2. The van der Waals surface area contributed by atoms with Gasteiger partial charge in [-0.1, -0.05) is 0 Å². The molecule has 7 rings (SSSR count). The first kappa shape index (κ1) is 25.9. The predicted molar refractivity (Wildman–Crippen MR) is 161 cm³/mol. The van der Waals surface area contributed by atoms with E-state index in [0.717, 1.165) is 45.0 Å². The molecule has 0 unspecified atom stereocenters. The molecule has 0 spiro atoms. The molecule has 0 saturated heterocycles. The van der Waals surface area contributed by atoms with Gasteiger partial charge in [0.05, 0.1) is 11.4 Å². The van der Waals surface area contributed by atoms with E-state index in [9.17, 15) is 0 Å². The van der Waals surface area contributed by atoms with E-state index in [-0.39, 0.29) is 6.61 Å². The summed E-state index contributed by atoms with van der Waals surface area (Å²) < 4.78 is 10.2. The van der Waals surface area contributed by atoms with Crippen molar-refractivity contribution in [3.05, 3.63) is 88.8 Å². The number of nitrogens with one attached hydrogen (secondary N) is 1. The quantitative estimate of drug-likeness (QED) is 0.260. The van der Waals surface area contributed by atoms with Crippen molar-refractivity contribution in [1.82, 2.24) is 39.1 Å². The zero-order valence-electron chi connectivity index (χ0n) is 24.1. The van der Waals surface area contributed by atoms with Crippen LogP contribution < -0.4 is 15.8 Å². The van der Waals surface area contributed by atoms with Crippen molar-refractivity contribution in [3.63, 3.8) is 0 Å². The Hall–Kier alpha value is -5.06. The van der Waals surface area contributed by atoms with Gasteiger partial charge in [-0.05, 0) is 92.3 Å². The molecule has 0 aliphatic heterocycles. The van der Waals surface area contributed by atoms with Crippen LogP contribution >= 0.6 is 0 Å². The van der Waals surface area contributed by atoms with Gasteiger partial charge in [0, 0.05) is 36.6 Å². The Kier molecular flexibility index (Phi) is 6.22. The van der Waals surface area contributed by atoms with Crippen LogP contribution in [0.4, 0.5) is 11.6 Å². The van der Waals surface area contributed by atoms with Crippen LogP contribution in [-0.2, 0) is 13.2 Å². The van der Waals surface area contributed by atoms with Gasteiger partial charge in [0.15, 0.2) is 5.65 Å². The number of aryl methyl sites for hydroxylation is 4. The number of nitrogens with zero attached hydrogens (tertiary/aromatic N) is 8. The third kappa shape index (κ3) is 4.66. The first-order chi connectivity index (χ1) is 20.4. The summed E-state index contributed by atoms with van der Waals surface area (Å²) in [4.78, 5) is 17.9. The number of benzene rings is 1. The summed E-state index contributed by atoms with van der Waals surface area (Å²) in [5.74, 6) is 3.96. The Morgan fingerprint density at radius 1 is 0.976 bits per heavy atom. The lowest BCUT2D eigenvalue weighted by Gasteiger charge is -2.15. The maximum Gasteiger partial charge on any atom is 0.218 e. The molecule has 5 heterocycles. The second-order valence-electron chi connectivity index (χ2n) is 11.0. The fourth-order valence-corrected chi connectivity index (χ4v) is 5.69. The molecule has 0 radical (unpaired) electrons. The van der Waals surface area contributed by atoms with Crippen molar-refractivity contribution in [3.8, 4) is 11.6 Å². The normalized spacial score (nSPS) is 13.2. The standard InChI is InChI=1S/C31H32N10O/c1-17-9-25-24(7-8-33-30(25)32)18(2)26(17)12-34-28-11-29(36-16-35-28)42-15-23-14-40-13-22(21-5-6-21)10-27(31(40)37-23)41-19(3)38-39-20(41)4/h7-11,13-14,16,21H,5-6,12,15H2,1-4H3,(H2,32,33)(H,34,35,36). The molecule has 0 atom stereocenters. The number of fused-ring (bicyclic) bond motifs is 2. The second-order valence-corrected chi connectivity index (χ2v) is 11.0. The van der Waals surface area contributed by atoms with E-state index < -0.39 is 0 Å². The Morgan fingerprint density at radius 2 is 1.79 bits per heavy atom. The molecule has 1 aliphatic carbocycles. The molecule has 5 aromatic heterocycles. The zero-order chi connectivity index (χ0) is 29.0. The lowest BCUT2D eigenvalue weighted by molar-refractivity contribution is 0.289. The Labute approximate surface area is 242 Å². The molecule has 6 aromatic rings. The smallest absolute Gasteiger partial charge is 0.218 e. The lowest BCUT2D eigenvalue weighted by atomic mass is 9.96. The second kappa shape index (κ2) is 10.1. The van der Waals surface area contributed by atoms with Crippen LogP contribution in [0.2, 0.25) is 0 Å². The van der Waals surface area contributed by atoms with E-state index in [4.69, 9.17) is 15.5 Å². The van der Waals surface area contributed by atoms with Crippen molar-refractivity contribution >= 4 is 28.1 Å². The molecule has 1 aromatic carbocycles. The highest BCUT2D eigenvalue weighted by atomic mass is 16.5. The fourth-order valence-electron chi connectivity index (χ4n) is 5.69. The molecule has 0 amide bonds. The van der Waals surface area contributed by atoms with Crippen LogP contribution in [0.5, 0.6) is 5.88 Å². The van der Waals surface area contributed by atoms with Gasteiger partial charge < -0.3 is 20.2 Å². The predicted octanol–water partition coefficient (Wildman–Crippen LogP) is 5.14. The van der Waals surface area contributed by atoms with Gasteiger partial charge in [-0.25, -0.2) is 19.9 Å². The van der Waals surface area contributed by atoms with Crippen LogP contribution in [0.15, 0.2) is 49.2 Å². The van der Waals surface area contributed by atoms with E-state index in [1.807, 2.05) is 32.2 Å². The molecule has 11 heteroatoms. The molecule has 11 nitrogen and oxygen atoms in total. The van der Waals surface area contributed by atoms with E-state index in [1.165, 1.54) is 35.9 Å². The van der Waals surface area contributed by atoms with Crippen molar-refractivity contribution in [2.45, 2.75) is 59.6 Å². The molecule has 42 heavy (non-hydrogen) atoms. The molecular weight excluding hydrogens is 528 g/mol. The number of nitrogens with two attached hydrogens (primary N) is 1. The number of aromatic nitrogens is 8. The summed E-state index contributed by atoms with van der Waals surface area (Å²) in [6.07, 6.45) is 9.88. The first-order valence-electron chi connectivity index (χ1n) is 14.1. The number of hydrogen-bond donors (Lipinski definition) is 2. The summed E-state index contributed by atoms with van der Waals surface area (Å²) in [5.41, 5.74) is 13.6. The van der Waals surface area contributed by atoms with Crippen molar-refractivity contribution in [1.29, 1.82) is 0 Å². The van der Waals surface area contributed by atoms with Crippen molar-refractivity contribution < 1.29 is 4.74 Å². The number of imidazole rings is 1. The van der Waals surface area contributed by atoms with E-state index in [2.05, 4.69) is 71.6 Å². The molecule has 212 valence electrons. The minimum absolute atomic E-state index is 0.273. The van der Waals surface area contributed by atoms with Crippen LogP contribution in [-0.4, -0.2) is 39.1 Å². The average molecular weight is 561 g/mol. The zero-order valence-corrected chi connectivity index (χ0v) is 24.1. The maximum absolute atomic E-state index is 6.11. The SMILES string of the molecule is Cc1cc2c(N)nccc2c(C)c1CNc1cc(OCc2cn3cc(C4CC4)cc(-n4c(C)nnc4C)c3n2)ncn1. The third-order valence-electron chi connectivity index (χ3n) is 8.05. The molecule has 1 aliphatic rings. The van der Waals surface area contributed by atoms with Crippen LogP contribution in [0.3, 0.4) is 0 Å². The molecule has 0 bridgehead atoms. The summed E-state index contributed by atoms with van der Waals surface area (Å²) in [7, 11) is 0. The largest absolute Gasteiger partial charge is 0.471 e. The van der Waals surface area contributed by atoms with Gasteiger partial charge in [0.2, 0.25) is 5.88 Å². The van der Waals surface area contributed by atoms with Gasteiger partial charge in [0.1, 0.15) is 36.2 Å². The number of pyridine rings is 2. The summed E-state index contributed by atoms with van der Waals surface area (Å²) in [6.45, 7) is 9.00. The molecule has 1 saturated carbocycles. The number of nitrogen functional groups attached to an aromatic ring is 1. The molecule has 1 fully saturated rings. The monoisotopic (exact) mass is 560 g/mol. The number of ether oxygens (including phenoxy) is 1. The third-order valence-corrected chi connectivity index (χ3v) is 8.05. The highest BCUT2D eigenvalue weighted by molar-refractivity contribution is 5.94.